The van der Waals surface area contributed by atoms with Crippen molar-refractivity contribution in [1.29, 1.82) is 0 Å². The SMILES string of the molecule is COc1ccc(/C=C/C(=O)Nc2ccc(S(=O)(=O)Nc3cc(C)ccc3C)cc2)cc1OC. The van der Waals surface area contributed by atoms with Crippen molar-refractivity contribution < 1.29 is 22.7 Å². The molecule has 172 valence electrons. The van der Waals surface area contributed by atoms with E-state index in [4.69, 9.17) is 9.47 Å². The number of ether oxygens (including phenoxy) is 2. The van der Waals surface area contributed by atoms with Gasteiger partial charge in [-0.2, -0.15) is 0 Å². The minimum absolute atomic E-state index is 0.0993. The number of anilines is 2. The summed E-state index contributed by atoms with van der Waals surface area (Å²) in [5, 5.41) is 2.71. The Morgan fingerprint density at radius 3 is 2.24 bits per heavy atom. The predicted octanol–water partition coefficient (Wildman–Crippen LogP) is 4.77. The predicted molar refractivity (Wildman–Crippen MR) is 130 cm³/mol. The van der Waals surface area contributed by atoms with Crippen molar-refractivity contribution in [1.82, 2.24) is 0 Å². The van der Waals surface area contributed by atoms with Crippen LogP contribution in [0.2, 0.25) is 0 Å². The van der Waals surface area contributed by atoms with Gasteiger partial charge in [-0.05, 0) is 79.1 Å². The third-order valence-electron chi connectivity index (χ3n) is 4.90. The first kappa shape index (κ1) is 23.9. The molecule has 0 atom stereocenters. The summed E-state index contributed by atoms with van der Waals surface area (Å²) in [4.78, 5) is 12.4. The number of hydrogen-bond donors (Lipinski definition) is 2. The summed E-state index contributed by atoms with van der Waals surface area (Å²) in [5.41, 5.74) is 3.56. The van der Waals surface area contributed by atoms with E-state index in [0.29, 0.717) is 22.9 Å². The average Bonchev–Trinajstić information content (AvgIpc) is 2.80. The fourth-order valence-electron chi connectivity index (χ4n) is 3.08. The molecule has 0 aliphatic carbocycles. The zero-order valence-electron chi connectivity index (χ0n) is 18.9. The first-order chi connectivity index (χ1) is 15.7. The minimum Gasteiger partial charge on any atom is -0.493 e. The highest BCUT2D eigenvalue weighted by atomic mass is 32.2. The van der Waals surface area contributed by atoms with E-state index in [9.17, 15) is 13.2 Å². The first-order valence-corrected chi connectivity index (χ1v) is 11.6. The van der Waals surface area contributed by atoms with Crippen LogP contribution in [0.25, 0.3) is 6.08 Å². The Bertz CT molecular complexity index is 1280. The molecule has 7 nitrogen and oxygen atoms in total. The van der Waals surface area contributed by atoms with Gasteiger partial charge >= 0.3 is 0 Å². The summed E-state index contributed by atoms with van der Waals surface area (Å²) in [6, 6.07) is 16.8. The Kier molecular flexibility index (Phi) is 7.40. The van der Waals surface area contributed by atoms with Gasteiger partial charge in [0.15, 0.2) is 11.5 Å². The van der Waals surface area contributed by atoms with Crippen molar-refractivity contribution >= 4 is 33.4 Å². The maximum atomic E-state index is 12.7. The van der Waals surface area contributed by atoms with E-state index >= 15 is 0 Å². The molecule has 0 aromatic heterocycles. The average molecular weight is 467 g/mol. The lowest BCUT2D eigenvalue weighted by Crippen LogP contribution is -2.14. The van der Waals surface area contributed by atoms with Gasteiger partial charge < -0.3 is 14.8 Å². The fraction of sp³-hybridized carbons (Fsp3) is 0.160. The zero-order valence-corrected chi connectivity index (χ0v) is 19.7. The van der Waals surface area contributed by atoms with E-state index < -0.39 is 10.0 Å². The van der Waals surface area contributed by atoms with Gasteiger partial charge in [-0.15, -0.1) is 0 Å². The molecule has 2 N–H and O–H groups in total. The molecule has 8 heteroatoms. The summed E-state index contributed by atoms with van der Waals surface area (Å²) in [7, 11) is -0.662. The van der Waals surface area contributed by atoms with Gasteiger partial charge in [-0.1, -0.05) is 18.2 Å². The molecule has 0 saturated carbocycles. The fourth-order valence-corrected chi connectivity index (χ4v) is 4.20. The summed E-state index contributed by atoms with van der Waals surface area (Å²) in [6.45, 7) is 3.74. The zero-order chi connectivity index (χ0) is 24.0. The largest absolute Gasteiger partial charge is 0.493 e. The quantitative estimate of drug-likeness (QED) is 0.466. The lowest BCUT2D eigenvalue weighted by molar-refractivity contribution is -0.111. The molecule has 0 heterocycles. The highest BCUT2D eigenvalue weighted by Crippen LogP contribution is 2.28. The van der Waals surface area contributed by atoms with Gasteiger partial charge in [0.1, 0.15) is 0 Å². The van der Waals surface area contributed by atoms with Crippen LogP contribution in [0.3, 0.4) is 0 Å². The number of nitrogens with one attached hydrogen (secondary N) is 2. The Morgan fingerprint density at radius 2 is 1.58 bits per heavy atom. The number of carbonyl (C=O) groups excluding carboxylic acids is 1. The molecule has 0 unspecified atom stereocenters. The summed E-state index contributed by atoms with van der Waals surface area (Å²) in [5.74, 6) is 0.807. The molecule has 0 radical (unpaired) electrons. The van der Waals surface area contributed by atoms with Crippen LogP contribution >= 0.6 is 0 Å². The standard InChI is InChI=1S/C25H26N2O5S/c1-17-5-6-18(2)22(15-17)27-33(29,30)21-11-9-20(10-12-21)26-25(28)14-8-19-7-13-23(31-3)24(16-19)32-4/h5-16,27H,1-4H3,(H,26,28)/b14-8+. The molecule has 0 saturated heterocycles. The molecular weight excluding hydrogens is 440 g/mol. The number of benzene rings is 3. The second-order valence-electron chi connectivity index (χ2n) is 7.39. The van der Waals surface area contributed by atoms with E-state index in [1.54, 1.807) is 56.7 Å². The normalized spacial score (nSPS) is 11.3. The van der Waals surface area contributed by atoms with Crippen LogP contribution < -0.4 is 19.5 Å². The highest BCUT2D eigenvalue weighted by Gasteiger charge is 2.15. The Labute approximate surface area is 194 Å². The van der Waals surface area contributed by atoms with E-state index in [1.165, 1.54) is 18.2 Å². The van der Waals surface area contributed by atoms with E-state index in [2.05, 4.69) is 10.0 Å². The lowest BCUT2D eigenvalue weighted by atomic mass is 10.1. The van der Waals surface area contributed by atoms with Crippen LogP contribution in [0.5, 0.6) is 11.5 Å². The number of methoxy groups -OCH3 is 2. The molecule has 0 spiro atoms. The van der Waals surface area contributed by atoms with Crippen LogP contribution in [0.1, 0.15) is 16.7 Å². The van der Waals surface area contributed by atoms with Crippen molar-refractivity contribution in [2.75, 3.05) is 24.3 Å². The molecular formula is C25H26N2O5S. The number of aryl methyl sites for hydroxylation is 2. The van der Waals surface area contributed by atoms with Gasteiger partial charge in [-0.3, -0.25) is 9.52 Å². The van der Waals surface area contributed by atoms with Gasteiger partial charge in [0.2, 0.25) is 5.91 Å². The van der Waals surface area contributed by atoms with Crippen molar-refractivity contribution in [3.05, 3.63) is 83.4 Å². The summed E-state index contributed by atoms with van der Waals surface area (Å²) >= 11 is 0. The molecule has 0 bridgehead atoms. The Balaban J connectivity index is 1.67. The van der Waals surface area contributed by atoms with Crippen molar-refractivity contribution in [3.63, 3.8) is 0 Å². The number of amides is 1. The van der Waals surface area contributed by atoms with Crippen LogP contribution in [0, 0.1) is 13.8 Å². The van der Waals surface area contributed by atoms with Crippen LogP contribution in [0.4, 0.5) is 11.4 Å². The monoisotopic (exact) mass is 466 g/mol. The van der Waals surface area contributed by atoms with Gasteiger partial charge in [0.25, 0.3) is 10.0 Å². The smallest absolute Gasteiger partial charge is 0.261 e. The molecule has 3 aromatic rings. The first-order valence-electron chi connectivity index (χ1n) is 10.1. The molecule has 0 fully saturated rings. The Hall–Kier alpha value is -3.78. The van der Waals surface area contributed by atoms with Crippen LogP contribution in [0.15, 0.2) is 71.6 Å². The van der Waals surface area contributed by atoms with E-state index in [1.807, 2.05) is 26.0 Å². The number of sulfonamides is 1. The van der Waals surface area contributed by atoms with Gasteiger partial charge in [-0.25, -0.2) is 8.42 Å². The molecule has 3 rings (SSSR count). The topological polar surface area (TPSA) is 93.7 Å². The van der Waals surface area contributed by atoms with Gasteiger partial charge in [0, 0.05) is 11.8 Å². The van der Waals surface area contributed by atoms with Crippen molar-refractivity contribution in [3.8, 4) is 11.5 Å². The van der Waals surface area contributed by atoms with Crippen molar-refractivity contribution in [2.24, 2.45) is 0 Å². The molecule has 33 heavy (non-hydrogen) atoms. The minimum atomic E-state index is -3.76. The molecule has 0 aliphatic rings. The summed E-state index contributed by atoms with van der Waals surface area (Å²) in [6.07, 6.45) is 3.03. The van der Waals surface area contributed by atoms with E-state index in [0.717, 1.165) is 16.7 Å². The van der Waals surface area contributed by atoms with Gasteiger partial charge in [0.05, 0.1) is 24.8 Å². The molecule has 1 amide bonds. The number of rotatable bonds is 8. The summed E-state index contributed by atoms with van der Waals surface area (Å²) < 4.78 is 38.5. The molecule has 3 aromatic carbocycles. The van der Waals surface area contributed by atoms with Crippen LogP contribution in [-0.4, -0.2) is 28.5 Å². The van der Waals surface area contributed by atoms with Crippen molar-refractivity contribution in [2.45, 2.75) is 18.7 Å². The lowest BCUT2D eigenvalue weighted by Gasteiger charge is -2.12. The van der Waals surface area contributed by atoms with E-state index in [-0.39, 0.29) is 10.8 Å². The second-order valence-corrected chi connectivity index (χ2v) is 9.07. The number of carbonyl (C=O) groups is 1. The number of hydrogen-bond acceptors (Lipinski definition) is 5. The maximum Gasteiger partial charge on any atom is 0.261 e. The second kappa shape index (κ2) is 10.2. The molecule has 0 aliphatic heterocycles. The highest BCUT2D eigenvalue weighted by molar-refractivity contribution is 7.92. The third-order valence-corrected chi connectivity index (χ3v) is 6.29. The van der Waals surface area contributed by atoms with Crippen LogP contribution in [-0.2, 0) is 14.8 Å². The Morgan fingerprint density at radius 1 is 0.879 bits per heavy atom. The maximum absolute atomic E-state index is 12.7. The third kappa shape index (κ3) is 6.14.